The van der Waals surface area contributed by atoms with Gasteiger partial charge in [0, 0.05) is 6.07 Å². The summed E-state index contributed by atoms with van der Waals surface area (Å²) in [5, 5.41) is 0. The molecule has 3 heterocycles. The fourth-order valence-corrected chi connectivity index (χ4v) is 2.54. The zero-order valence-electron chi connectivity index (χ0n) is 8.90. The Labute approximate surface area is 106 Å². The van der Waals surface area contributed by atoms with Gasteiger partial charge in [0.25, 0.3) is 0 Å². The number of imidazole rings is 1. The Morgan fingerprint density at radius 2 is 2.12 bits per heavy atom. The molecule has 1 N–H and O–H groups in total. The van der Waals surface area contributed by atoms with Crippen molar-refractivity contribution in [2.45, 2.75) is 0 Å². The third-order valence-electron chi connectivity index (χ3n) is 2.34. The number of nitrogens with zero attached hydrogens (tertiary/aromatic N) is 2. The van der Waals surface area contributed by atoms with Crippen molar-refractivity contribution < 1.29 is 4.74 Å². The first kappa shape index (κ1) is 10.6. The Hall–Kier alpha value is -1.59. The molecule has 0 amide bonds. The molecule has 6 heteroatoms. The van der Waals surface area contributed by atoms with Gasteiger partial charge in [0.1, 0.15) is 0 Å². The standard InChI is InChI=1S/C11H8ClN3OS/c1-16-9-5-2-6-10(14-9)15-11(13-6)7-3-4-8(12)17-7/h2-5H,1H3,(H,13,14,15). The van der Waals surface area contributed by atoms with Gasteiger partial charge in [-0.05, 0) is 18.2 Å². The molecule has 0 aliphatic rings. The van der Waals surface area contributed by atoms with Crippen LogP contribution in [0.3, 0.4) is 0 Å². The molecule has 3 aromatic heterocycles. The number of ether oxygens (including phenoxy) is 1. The van der Waals surface area contributed by atoms with Gasteiger partial charge in [0.05, 0.1) is 21.8 Å². The molecule has 0 spiro atoms. The van der Waals surface area contributed by atoms with E-state index in [1.54, 1.807) is 13.2 Å². The van der Waals surface area contributed by atoms with Gasteiger partial charge in [0.15, 0.2) is 11.5 Å². The van der Waals surface area contributed by atoms with Crippen LogP contribution in [0.15, 0.2) is 24.3 Å². The summed E-state index contributed by atoms with van der Waals surface area (Å²) < 4.78 is 5.80. The molecule has 17 heavy (non-hydrogen) atoms. The number of hydrogen-bond donors (Lipinski definition) is 1. The Balaban J connectivity index is 2.13. The minimum absolute atomic E-state index is 0.555. The van der Waals surface area contributed by atoms with E-state index in [0.717, 1.165) is 20.6 Å². The number of methoxy groups -OCH3 is 1. The van der Waals surface area contributed by atoms with Crippen molar-refractivity contribution in [3.8, 4) is 16.6 Å². The number of halogens is 1. The maximum atomic E-state index is 5.90. The van der Waals surface area contributed by atoms with Crippen molar-refractivity contribution in [2.75, 3.05) is 7.11 Å². The molecule has 86 valence electrons. The van der Waals surface area contributed by atoms with E-state index >= 15 is 0 Å². The molecular formula is C11H8ClN3OS. The molecule has 0 unspecified atom stereocenters. The van der Waals surface area contributed by atoms with Crippen molar-refractivity contribution in [1.82, 2.24) is 15.0 Å². The molecule has 0 aliphatic carbocycles. The summed E-state index contributed by atoms with van der Waals surface area (Å²) in [4.78, 5) is 12.9. The zero-order chi connectivity index (χ0) is 11.8. The van der Waals surface area contributed by atoms with Crippen LogP contribution in [0.5, 0.6) is 5.88 Å². The van der Waals surface area contributed by atoms with Crippen LogP contribution in [0.25, 0.3) is 21.9 Å². The van der Waals surface area contributed by atoms with Gasteiger partial charge in [-0.3, -0.25) is 0 Å². The highest BCUT2D eigenvalue weighted by molar-refractivity contribution is 7.19. The number of hydrogen-bond acceptors (Lipinski definition) is 4. The van der Waals surface area contributed by atoms with Crippen LogP contribution in [0, 0.1) is 0 Å². The van der Waals surface area contributed by atoms with Gasteiger partial charge in [-0.15, -0.1) is 11.3 Å². The van der Waals surface area contributed by atoms with E-state index in [-0.39, 0.29) is 0 Å². The predicted octanol–water partition coefficient (Wildman–Crippen LogP) is 3.35. The number of rotatable bonds is 2. The van der Waals surface area contributed by atoms with E-state index in [2.05, 4.69) is 15.0 Å². The summed E-state index contributed by atoms with van der Waals surface area (Å²) in [6, 6.07) is 7.48. The van der Waals surface area contributed by atoms with Crippen LogP contribution in [-0.4, -0.2) is 22.1 Å². The molecule has 0 aliphatic heterocycles. The van der Waals surface area contributed by atoms with Gasteiger partial charge in [0.2, 0.25) is 5.88 Å². The van der Waals surface area contributed by atoms with Crippen LogP contribution in [0.1, 0.15) is 0 Å². The molecule has 0 saturated heterocycles. The first-order chi connectivity index (χ1) is 8.26. The maximum absolute atomic E-state index is 5.90. The summed E-state index contributed by atoms with van der Waals surface area (Å²) in [6.45, 7) is 0. The number of fused-ring (bicyclic) bond motifs is 1. The molecule has 0 atom stereocenters. The average molecular weight is 266 g/mol. The number of aromatic amines is 1. The van der Waals surface area contributed by atoms with Crippen molar-refractivity contribution in [3.63, 3.8) is 0 Å². The van der Waals surface area contributed by atoms with Gasteiger partial charge in [-0.1, -0.05) is 11.6 Å². The van der Waals surface area contributed by atoms with E-state index in [1.807, 2.05) is 18.2 Å². The van der Waals surface area contributed by atoms with E-state index < -0.39 is 0 Å². The summed E-state index contributed by atoms with van der Waals surface area (Å²) in [5.74, 6) is 1.33. The van der Waals surface area contributed by atoms with Crippen LogP contribution in [-0.2, 0) is 0 Å². The second kappa shape index (κ2) is 4.01. The molecule has 0 fully saturated rings. The summed E-state index contributed by atoms with van der Waals surface area (Å²) >= 11 is 7.38. The van der Waals surface area contributed by atoms with Crippen molar-refractivity contribution in [1.29, 1.82) is 0 Å². The minimum atomic E-state index is 0.555. The maximum Gasteiger partial charge on any atom is 0.215 e. The fraction of sp³-hybridized carbons (Fsp3) is 0.0909. The van der Waals surface area contributed by atoms with Crippen LogP contribution in [0.4, 0.5) is 0 Å². The summed E-state index contributed by atoms with van der Waals surface area (Å²) in [7, 11) is 1.58. The van der Waals surface area contributed by atoms with Gasteiger partial charge < -0.3 is 9.72 Å². The Morgan fingerprint density at radius 1 is 1.24 bits per heavy atom. The minimum Gasteiger partial charge on any atom is -0.481 e. The third kappa shape index (κ3) is 1.87. The molecule has 0 saturated carbocycles. The number of nitrogens with one attached hydrogen (secondary N) is 1. The first-order valence-corrected chi connectivity index (χ1v) is 6.12. The smallest absolute Gasteiger partial charge is 0.215 e. The van der Waals surface area contributed by atoms with Gasteiger partial charge in [-0.2, -0.15) is 4.98 Å². The summed E-state index contributed by atoms with van der Waals surface area (Å²) in [5.41, 5.74) is 1.52. The van der Waals surface area contributed by atoms with Crippen LogP contribution in [0.2, 0.25) is 4.34 Å². The fourth-order valence-electron chi connectivity index (χ4n) is 1.55. The average Bonchev–Trinajstić information content (AvgIpc) is 2.93. The third-order valence-corrected chi connectivity index (χ3v) is 3.57. The highest BCUT2D eigenvalue weighted by atomic mass is 35.5. The van der Waals surface area contributed by atoms with E-state index in [0.29, 0.717) is 11.5 Å². The lowest BCUT2D eigenvalue weighted by Crippen LogP contribution is -1.86. The Kier molecular flexibility index (Phi) is 2.49. The van der Waals surface area contributed by atoms with E-state index in [4.69, 9.17) is 16.3 Å². The lowest BCUT2D eigenvalue weighted by Gasteiger charge is -1.95. The number of pyridine rings is 1. The van der Waals surface area contributed by atoms with Crippen LogP contribution >= 0.6 is 22.9 Å². The van der Waals surface area contributed by atoms with E-state index in [1.165, 1.54) is 11.3 Å². The number of thiophene rings is 1. The van der Waals surface area contributed by atoms with Gasteiger partial charge in [-0.25, -0.2) is 4.98 Å². The monoisotopic (exact) mass is 265 g/mol. The van der Waals surface area contributed by atoms with Gasteiger partial charge >= 0.3 is 0 Å². The Bertz CT molecular complexity index is 676. The lowest BCUT2D eigenvalue weighted by atomic mass is 10.4. The quantitative estimate of drug-likeness (QED) is 0.773. The molecule has 0 bridgehead atoms. The molecule has 3 rings (SSSR count). The van der Waals surface area contributed by atoms with Crippen molar-refractivity contribution >= 4 is 34.1 Å². The highest BCUT2D eigenvalue weighted by Gasteiger charge is 2.09. The molecule has 3 aromatic rings. The zero-order valence-corrected chi connectivity index (χ0v) is 10.5. The van der Waals surface area contributed by atoms with Crippen LogP contribution < -0.4 is 4.74 Å². The van der Waals surface area contributed by atoms with Crippen molar-refractivity contribution in [3.05, 3.63) is 28.6 Å². The number of aromatic nitrogens is 3. The lowest BCUT2D eigenvalue weighted by molar-refractivity contribution is 0.399. The predicted molar refractivity (Wildman–Crippen MR) is 68.8 cm³/mol. The highest BCUT2D eigenvalue weighted by Crippen LogP contribution is 2.30. The molecular weight excluding hydrogens is 258 g/mol. The normalized spacial score (nSPS) is 10.9. The Morgan fingerprint density at radius 3 is 2.82 bits per heavy atom. The summed E-state index contributed by atoms with van der Waals surface area (Å²) in [6.07, 6.45) is 0. The van der Waals surface area contributed by atoms with Crippen molar-refractivity contribution in [2.24, 2.45) is 0 Å². The number of H-pyrrole nitrogens is 1. The second-order valence-electron chi connectivity index (χ2n) is 3.41. The molecule has 0 aromatic carbocycles. The van der Waals surface area contributed by atoms with E-state index in [9.17, 15) is 0 Å². The largest absolute Gasteiger partial charge is 0.481 e. The second-order valence-corrected chi connectivity index (χ2v) is 5.13. The molecule has 4 nitrogen and oxygen atoms in total. The first-order valence-electron chi connectivity index (χ1n) is 4.93. The topological polar surface area (TPSA) is 50.8 Å². The SMILES string of the molecule is COc1ccc2[nH]c(-c3ccc(Cl)s3)nc2n1. The molecule has 0 radical (unpaired) electrons.